The predicted molar refractivity (Wildman–Crippen MR) is 72.2 cm³/mol. The largest absolute Gasteiger partial charge is 0.428 e. The highest BCUT2D eigenvalue weighted by molar-refractivity contribution is 5.91. The molecule has 1 aromatic rings. The van der Waals surface area contributed by atoms with E-state index >= 15 is 0 Å². The Kier molecular flexibility index (Phi) is 3.12. The SMILES string of the molecule is CC1=C(N2CCCC2=O)c2cc([N+](=O)[O-])ccc2OC1(F)F. The molecule has 1 aromatic carbocycles. The molecule has 2 aliphatic heterocycles. The van der Waals surface area contributed by atoms with Crippen LogP contribution in [0.25, 0.3) is 5.70 Å². The Labute approximate surface area is 124 Å². The fourth-order valence-electron chi connectivity index (χ4n) is 2.69. The molecule has 6 nitrogen and oxygen atoms in total. The molecule has 1 fully saturated rings. The van der Waals surface area contributed by atoms with E-state index in [9.17, 15) is 23.7 Å². The number of non-ortho nitro benzene ring substituents is 1. The summed E-state index contributed by atoms with van der Waals surface area (Å²) in [5.41, 5.74) is -0.509. The first-order valence-corrected chi connectivity index (χ1v) is 6.68. The molecule has 8 heteroatoms. The van der Waals surface area contributed by atoms with Crippen LogP contribution in [0.15, 0.2) is 23.8 Å². The van der Waals surface area contributed by atoms with Gasteiger partial charge < -0.3 is 9.64 Å². The van der Waals surface area contributed by atoms with Gasteiger partial charge in [-0.25, -0.2) is 0 Å². The average molecular weight is 310 g/mol. The highest BCUT2D eigenvalue weighted by atomic mass is 19.3. The molecular formula is C14H12F2N2O4. The molecule has 0 saturated carbocycles. The summed E-state index contributed by atoms with van der Waals surface area (Å²) in [6.45, 7) is 1.48. The van der Waals surface area contributed by atoms with Gasteiger partial charge in [-0.2, -0.15) is 8.78 Å². The molecule has 0 bridgehead atoms. The number of hydrogen-bond acceptors (Lipinski definition) is 4. The van der Waals surface area contributed by atoms with E-state index in [2.05, 4.69) is 4.74 Å². The van der Waals surface area contributed by atoms with Gasteiger partial charge in [-0.05, 0) is 19.4 Å². The van der Waals surface area contributed by atoms with Crippen molar-refractivity contribution in [3.05, 3.63) is 39.4 Å². The number of fused-ring (bicyclic) bond motifs is 1. The first kappa shape index (κ1) is 14.4. The molecule has 0 radical (unpaired) electrons. The first-order valence-electron chi connectivity index (χ1n) is 6.68. The average Bonchev–Trinajstić information content (AvgIpc) is 2.85. The Morgan fingerprint density at radius 2 is 2.14 bits per heavy atom. The van der Waals surface area contributed by atoms with Crippen molar-refractivity contribution in [1.29, 1.82) is 0 Å². The molecule has 0 aromatic heterocycles. The van der Waals surface area contributed by atoms with Gasteiger partial charge in [0.2, 0.25) is 5.91 Å². The monoisotopic (exact) mass is 310 g/mol. The molecule has 116 valence electrons. The van der Waals surface area contributed by atoms with Gasteiger partial charge in [-0.15, -0.1) is 0 Å². The van der Waals surface area contributed by atoms with Crippen LogP contribution in [0.2, 0.25) is 0 Å². The van der Waals surface area contributed by atoms with Crippen molar-refractivity contribution in [3.63, 3.8) is 0 Å². The first-order chi connectivity index (χ1) is 10.3. The van der Waals surface area contributed by atoms with Gasteiger partial charge in [0.05, 0.1) is 16.2 Å². The number of carbonyl (C=O) groups is 1. The number of nitro groups is 1. The van der Waals surface area contributed by atoms with Crippen LogP contribution in [0.3, 0.4) is 0 Å². The second-order valence-corrected chi connectivity index (χ2v) is 5.18. The van der Waals surface area contributed by atoms with Gasteiger partial charge in [0, 0.05) is 30.7 Å². The molecule has 0 spiro atoms. The molecule has 3 rings (SSSR count). The van der Waals surface area contributed by atoms with E-state index in [-0.39, 0.29) is 35.0 Å². The van der Waals surface area contributed by atoms with E-state index in [0.717, 1.165) is 18.2 Å². The van der Waals surface area contributed by atoms with Gasteiger partial charge in [0.25, 0.3) is 5.69 Å². The summed E-state index contributed by atoms with van der Waals surface area (Å²) < 4.78 is 32.7. The molecule has 0 atom stereocenters. The number of benzene rings is 1. The Morgan fingerprint density at radius 1 is 1.41 bits per heavy atom. The molecule has 22 heavy (non-hydrogen) atoms. The minimum Gasteiger partial charge on any atom is -0.428 e. The minimum atomic E-state index is -3.55. The second-order valence-electron chi connectivity index (χ2n) is 5.18. The van der Waals surface area contributed by atoms with Crippen molar-refractivity contribution in [3.8, 4) is 5.75 Å². The molecule has 0 N–H and O–H groups in total. The van der Waals surface area contributed by atoms with Crippen molar-refractivity contribution in [2.24, 2.45) is 0 Å². The van der Waals surface area contributed by atoms with Crippen molar-refractivity contribution >= 4 is 17.3 Å². The minimum absolute atomic E-state index is 0.0115. The van der Waals surface area contributed by atoms with Gasteiger partial charge in [0.1, 0.15) is 5.75 Å². The summed E-state index contributed by atoms with van der Waals surface area (Å²) >= 11 is 0. The number of alkyl halides is 2. The van der Waals surface area contributed by atoms with E-state index in [1.807, 2.05) is 0 Å². The maximum atomic E-state index is 14.0. The van der Waals surface area contributed by atoms with Crippen LogP contribution in [0.1, 0.15) is 25.3 Å². The lowest BCUT2D eigenvalue weighted by molar-refractivity contribution is -0.384. The number of rotatable bonds is 2. The number of ether oxygens (including phenoxy) is 1. The van der Waals surface area contributed by atoms with Gasteiger partial charge in [-0.1, -0.05) is 0 Å². The number of amides is 1. The van der Waals surface area contributed by atoms with Gasteiger partial charge in [0.15, 0.2) is 0 Å². The molecule has 1 saturated heterocycles. The number of nitrogens with zero attached hydrogens (tertiary/aromatic N) is 2. The van der Waals surface area contributed by atoms with Crippen LogP contribution in [0.5, 0.6) is 5.75 Å². The Hall–Kier alpha value is -2.51. The molecule has 0 aliphatic carbocycles. The van der Waals surface area contributed by atoms with Crippen LogP contribution in [0.4, 0.5) is 14.5 Å². The Bertz CT molecular complexity index is 715. The number of carbonyl (C=O) groups excluding carboxylic acids is 1. The second kappa shape index (κ2) is 4.75. The highest BCUT2D eigenvalue weighted by Gasteiger charge is 2.45. The number of nitro benzene ring substituents is 1. The highest BCUT2D eigenvalue weighted by Crippen LogP contribution is 2.45. The molecule has 2 aliphatic rings. The normalized spacial score (nSPS) is 20.0. The third-order valence-corrected chi connectivity index (χ3v) is 3.80. The van der Waals surface area contributed by atoms with E-state index < -0.39 is 16.6 Å². The zero-order valence-electron chi connectivity index (χ0n) is 11.6. The fraction of sp³-hybridized carbons (Fsp3) is 0.357. The fourth-order valence-corrected chi connectivity index (χ4v) is 2.69. The van der Waals surface area contributed by atoms with Crippen molar-refractivity contribution < 1.29 is 23.2 Å². The zero-order chi connectivity index (χ0) is 16.1. The lowest BCUT2D eigenvalue weighted by Crippen LogP contribution is -2.36. The third kappa shape index (κ3) is 2.11. The lowest BCUT2D eigenvalue weighted by Gasteiger charge is -2.32. The van der Waals surface area contributed by atoms with E-state index in [4.69, 9.17) is 0 Å². The van der Waals surface area contributed by atoms with Crippen LogP contribution >= 0.6 is 0 Å². The quantitative estimate of drug-likeness (QED) is 0.622. The number of hydrogen-bond donors (Lipinski definition) is 0. The van der Waals surface area contributed by atoms with E-state index in [1.165, 1.54) is 11.8 Å². The number of likely N-dealkylation sites (tertiary alicyclic amines) is 1. The Balaban J connectivity index is 2.21. The maximum Gasteiger partial charge on any atom is 0.424 e. The van der Waals surface area contributed by atoms with Crippen LogP contribution in [-0.4, -0.2) is 28.4 Å². The van der Waals surface area contributed by atoms with E-state index in [1.54, 1.807) is 0 Å². The topological polar surface area (TPSA) is 72.7 Å². The van der Waals surface area contributed by atoms with E-state index in [0.29, 0.717) is 13.0 Å². The summed E-state index contributed by atoms with van der Waals surface area (Å²) in [5.74, 6) is -0.444. The standard InChI is InChI=1S/C14H12F2N2O4/c1-8-13(17-6-2-3-12(17)19)10-7-9(18(20)21)4-5-11(10)22-14(8,15)16/h4-5,7H,2-3,6H2,1H3. The summed E-state index contributed by atoms with van der Waals surface area (Å²) in [6, 6.07) is 3.39. The smallest absolute Gasteiger partial charge is 0.424 e. The molecule has 2 heterocycles. The molecule has 1 amide bonds. The van der Waals surface area contributed by atoms with Crippen LogP contribution < -0.4 is 4.74 Å². The van der Waals surface area contributed by atoms with Crippen LogP contribution in [0, 0.1) is 10.1 Å². The molecule has 0 unspecified atom stereocenters. The summed E-state index contributed by atoms with van der Waals surface area (Å²) in [6.07, 6.45) is -2.72. The molecular weight excluding hydrogens is 298 g/mol. The summed E-state index contributed by atoms with van der Waals surface area (Å²) in [4.78, 5) is 23.5. The number of halogens is 2. The summed E-state index contributed by atoms with van der Waals surface area (Å²) in [7, 11) is 0. The van der Waals surface area contributed by atoms with Gasteiger partial charge in [-0.3, -0.25) is 14.9 Å². The van der Waals surface area contributed by atoms with Crippen LogP contribution in [-0.2, 0) is 4.79 Å². The summed E-state index contributed by atoms with van der Waals surface area (Å²) in [5, 5.41) is 10.9. The van der Waals surface area contributed by atoms with Gasteiger partial charge >= 0.3 is 6.11 Å². The Morgan fingerprint density at radius 3 is 2.73 bits per heavy atom. The predicted octanol–water partition coefficient (Wildman–Crippen LogP) is 2.93. The van der Waals surface area contributed by atoms with Crippen molar-refractivity contribution in [1.82, 2.24) is 4.90 Å². The maximum absolute atomic E-state index is 14.0. The zero-order valence-corrected chi connectivity index (χ0v) is 11.6. The lowest BCUT2D eigenvalue weighted by atomic mass is 10.0. The van der Waals surface area contributed by atoms with Crippen molar-refractivity contribution in [2.45, 2.75) is 25.9 Å². The third-order valence-electron chi connectivity index (χ3n) is 3.80. The van der Waals surface area contributed by atoms with Crippen molar-refractivity contribution in [2.75, 3.05) is 6.54 Å².